The molecule has 0 aliphatic heterocycles. The number of rotatable bonds is 3. The molecular formula is C15H16F3NO3. The summed E-state index contributed by atoms with van der Waals surface area (Å²) in [5.41, 5.74) is -0.727. The van der Waals surface area contributed by atoms with Crippen LogP contribution in [-0.2, 0) is 15.8 Å². The lowest BCUT2D eigenvalue weighted by Crippen LogP contribution is -2.22. The maximum Gasteiger partial charge on any atom is 0.416 e. The van der Waals surface area contributed by atoms with E-state index in [0.29, 0.717) is 12.8 Å². The number of aliphatic carboxylic acids is 1. The van der Waals surface area contributed by atoms with Gasteiger partial charge in [-0.15, -0.1) is 0 Å². The molecule has 1 aromatic carbocycles. The topological polar surface area (TPSA) is 66.4 Å². The van der Waals surface area contributed by atoms with E-state index in [2.05, 4.69) is 5.32 Å². The zero-order chi connectivity index (χ0) is 16.5. The van der Waals surface area contributed by atoms with E-state index < -0.39 is 35.5 Å². The third-order valence-corrected chi connectivity index (χ3v) is 4.05. The molecule has 0 aromatic heterocycles. The van der Waals surface area contributed by atoms with Crippen LogP contribution in [0.15, 0.2) is 18.2 Å². The number of carboxylic acid groups (broad SMARTS) is 1. The molecule has 7 heteroatoms. The molecule has 0 saturated heterocycles. The molecule has 1 aromatic rings. The lowest BCUT2D eigenvalue weighted by molar-refractivity contribution is -0.141. The van der Waals surface area contributed by atoms with Crippen molar-refractivity contribution >= 4 is 17.6 Å². The molecule has 0 bridgehead atoms. The van der Waals surface area contributed by atoms with Crippen molar-refractivity contribution < 1.29 is 27.9 Å². The highest BCUT2D eigenvalue weighted by Crippen LogP contribution is 2.36. The molecule has 1 saturated carbocycles. The number of benzene rings is 1. The predicted molar refractivity (Wildman–Crippen MR) is 73.3 cm³/mol. The zero-order valence-electron chi connectivity index (χ0n) is 11.9. The Balaban J connectivity index is 2.12. The first-order valence-corrected chi connectivity index (χ1v) is 6.90. The summed E-state index contributed by atoms with van der Waals surface area (Å²) in [5, 5.41) is 11.4. The largest absolute Gasteiger partial charge is 0.481 e. The lowest BCUT2D eigenvalue weighted by Gasteiger charge is -2.16. The van der Waals surface area contributed by atoms with Crippen molar-refractivity contribution in [1.82, 2.24) is 0 Å². The van der Waals surface area contributed by atoms with Gasteiger partial charge in [-0.3, -0.25) is 9.59 Å². The fourth-order valence-corrected chi connectivity index (χ4v) is 2.76. The van der Waals surface area contributed by atoms with E-state index in [1.54, 1.807) is 0 Å². The van der Waals surface area contributed by atoms with Crippen molar-refractivity contribution in [3.63, 3.8) is 0 Å². The van der Waals surface area contributed by atoms with E-state index in [4.69, 9.17) is 5.11 Å². The number of anilines is 1. The average Bonchev–Trinajstić information content (AvgIpc) is 2.89. The molecule has 0 radical (unpaired) electrons. The van der Waals surface area contributed by atoms with Gasteiger partial charge in [0.2, 0.25) is 5.91 Å². The Bertz CT molecular complexity index is 598. The number of halogens is 3. The summed E-state index contributed by atoms with van der Waals surface area (Å²) in [6.45, 7) is 1.30. The van der Waals surface area contributed by atoms with Crippen LogP contribution >= 0.6 is 0 Å². The average molecular weight is 315 g/mol. The molecule has 1 aliphatic rings. The number of amides is 1. The minimum atomic E-state index is -4.48. The summed E-state index contributed by atoms with van der Waals surface area (Å²) in [7, 11) is 0. The molecule has 0 spiro atoms. The van der Waals surface area contributed by atoms with Gasteiger partial charge in [-0.2, -0.15) is 13.2 Å². The third kappa shape index (κ3) is 3.40. The van der Waals surface area contributed by atoms with E-state index in [9.17, 15) is 22.8 Å². The molecule has 0 heterocycles. The Morgan fingerprint density at radius 3 is 2.41 bits per heavy atom. The van der Waals surface area contributed by atoms with Crippen LogP contribution < -0.4 is 5.32 Å². The molecule has 1 amide bonds. The first-order valence-electron chi connectivity index (χ1n) is 6.90. The molecule has 2 atom stereocenters. The highest BCUT2D eigenvalue weighted by Gasteiger charge is 2.35. The monoisotopic (exact) mass is 315 g/mol. The smallest absolute Gasteiger partial charge is 0.416 e. The maximum atomic E-state index is 12.8. The number of carbonyl (C=O) groups is 2. The Morgan fingerprint density at radius 1 is 1.23 bits per heavy atom. The highest BCUT2D eigenvalue weighted by atomic mass is 19.4. The molecule has 1 aliphatic carbocycles. The van der Waals surface area contributed by atoms with Crippen LogP contribution in [0.3, 0.4) is 0 Å². The fraction of sp³-hybridized carbons (Fsp3) is 0.467. The van der Waals surface area contributed by atoms with Crippen molar-refractivity contribution in [2.45, 2.75) is 32.4 Å². The first kappa shape index (κ1) is 16.3. The Labute approximate surface area is 125 Å². The van der Waals surface area contributed by atoms with E-state index >= 15 is 0 Å². The number of hydrogen-bond donors (Lipinski definition) is 2. The van der Waals surface area contributed by atoms with Crippen LogP contribution in [0, 0.1) is 18.8 Å². The SMILES string of the molecule is Cc1c(NC(=O)[C@@H]2CC[C@H](C(=O)O)C2)cccc1C(F)(F)F. The standard InChI is InChI=1S/C15H16F3NO3/c1-8-11(15(16,17)18)3-2-4-12(8)19-13(20)9-5-6-10(7-9)14(21)22/h2-4,9-10H,5-7H2,1H3,(H,19,20)(H,21,22)/t9-,10+/m1/s1. The minimum absolute atomic E-state index is 0.0452. The van der Waals surface area contributed by atoms with Gasteiger partial charge in [0.25, 0.3) is 0 Å². The fourth-order valence-electron chi connectivity index (χ4n) is 2.76. The van der Waals surface area contributed by atoms with Crippen molar-refractivity contribution in [2.75, 3.05) is 5.32 Å². The lowest BCUT2D eigenvalue weighted by atomic mass is 10.0. The normalized spacial score (nSPS) is 21.6. The Hall–Kier alpha value is -2.05. The quantitative estimate of drug-likeness (QED) is 0.898. The molecule has 22 heavy (non-hydrogen) atoms. The molecular weight excluding hydrogens is 299 g/mol. The van der Waals surface area contributed by atoms with Gasteiger partial charge in [0, 0.05) is 11.6 Å². The van der Waals surface area contributed by atoms with E-state index in [-0.39, 0.29) is 17.7 Å². The molecule has 2 N–H and O–H groups in total. The summed E-state index contributed by atoms with van der Waals surface area (Å²) in [4.78, 5) is 23.0. The third-order valence-electron chi connectivity index (χ3n) is 4.05. The zero-order valence-corrected chi connectivity index (χ0v) is 11.9. The Morgan fingerprint density at radius 2 is 1.86 bits per heavy atom. The van der Waals surface area contributed by atoms with Crippen molar-refractivity contribution in [1.29, 1.82) is 0 Å². The number of carboxylic acids is 1. The number of nitrogens with one attached hydrogen (secondary N) is 1. The highest BCUT2D eigenvalue weighted by molar-refractivity contribution is 5.94. The van der Waals surface area contributed by atoms with E-state index in [0.717, 1.165) is 6.07 Å². The number of carbonyl (C=O) groups excluding carboxylic acids is 1. The van der Waals surface area contributed by atoms with Gasteiger partial charge >= 0.3 is 12.1 Å². The van der Waals surface area contributed by atoms with Gasteiger partial charge in [0.05, 0.1) is 11.5 Å². The van der Waals surface area contributed by atoms with Gasteiger partial charge in [-0.25, -0.2) is 0 Å². The predicted octanol–water partition coefficient (Wildman–Crippen LogP) is 3.45. The summed E-state index contributed by atoms with van der Waals surface area (Å²) in [6.07, 6.45) is -3.42. The van der Waals surface area contributed by atoms with Gasteiger partial charge in [-0.05, 0) is 43.9 Å². The van der Waals surface area contributed by atoms with Gasteiger partial charge in [0.15, 0.2) is 0 Å². The summed E-state index contributed by atoms with van der Waals surface area (Å²) >= 11 is 0. The molecule has 120 valence electrons. The van der Waals surface area contributed by atoms with Crippen LogP contribution in [-0.4, -0.2) is 17.0 Å². The maximum absolute atomic E-state index is 12.8. The Kier molecular flexibility index (Phi) is 4.44. The second-order valence-corrected chi connectivity index (χ2v) is 5.51. The van der Waals surface area contributed by atoms with E-state index in [1.807, 2.05) is 0 Å². The molecule has 1 fully saturated rings. The van der Waals surface area contributed by atoms with Crippen LogP contribution in [0.25, 0.3) is 0 Å². The van der Waals surface area contributed by atoms with Crippen molar-refractivity contribution in [3.8, 4) is 0 Å². The van der Waals surface area contributed by atoms with Crippen LogP contribution in [0.1, 0.15) is 30.4 Å². The van der Waals surface area contributed by atoms with Crippen LogP contribution in [0.4, 0.5) is 18.9 Å². The molecule has 2 rings (SSSR count). The summed E-state index contributed by atoms with van der Waals surface area (Å²) < 4.78 is 38.5. The molecule has 4 nitrogen and oxygen atoms in total. The molecule has 0 unspecified atom stereocenters. The summed E-state index contributed by atoms with van der Waals surface area (Å²) in [5.74, 6) is -2.40. The van der Waals surface area contributed by atoms with Crippen molar-refractivity contribution in [3.05, 3.63) is 29.3 Å². The van der Waals surface area contributed by atoms with Gasteiger partial charge < -0.3 is 10.4 Å². The summed E-state index contributed by atoms with van der Waals surface area (Å²) in [6, 6.07) is 3.60. The second-order valence-electron chi connectivity index (χ2n) is 5.51. The number of alkyl halides is 3. The van der Waals surface area contributed by atoms with E-state index in [1.165, 1.54) is 19.1 Å². The minimum Gasteiger partial charge on any atom is -0.481 e. The van der Waals surface area contributed by atoms with Crippen LogP contribution in [0.2, 0.25) is 0 Å². The first-order chi connectivity index (χ1) is 10.2. The van der Waals surface area contributed by atoms with Gasteiger partial charge in [-0.1, -0.05) is 6.07 Å². The van der Waals surface area contributed by atoms with Crippen molar-refractivity contribution in [2.24, 2.45) is 11.8 Å². The van der Waals surface area contributed by atoms with Gasteiger partial charge in [0.1, 0.15) is 0 Å². The van der Waals surface area contributed by atoms with Crippen LogP contribution in [0.5, 0.6) is 0 Å². The number of hydrogen-bond acceptors (Lipinski definition) is 2. The second kappa shape index (κ2) is 5.98.